The monoisotopic (exact) mass is 574 g/mol. The van der Waals surface area contributed by atoms with E-state index in [0.717, 1.165) is 16.9 Å². The van der Waals surface area contributed by atoms with E-state index in [4.69, 9.17) is 21.4 Å². The van der Waals surface area contributed by atoms with Crippen LogP contribution in [0.1, 0.15) is 42.2 Å². The summed E-state index contributed by atoms with van der Waals surface area (Å²) < 4.78 is 5.82. The maximum atomic E-state index is 13.8. The van der Waals surface area contributed by atoms with Gasteiger partial charge in [0.05, 0.1) is 12.6 Å². The van der Waals surface area contributed by atoms with Crippen LogP contribution in [0.15, 0.2) is 85.2 Å². The Morgan fingerprint density at radius 2 is 1.71 bits per heavy atom. The molecule has 2 aliphatic heterocycles. The van der Waals surface area contributed by atoms with Gasteiger partial charge in [0.25, 0.3) is 5.91 Å². The summed E-state index contributed by atoms with van der Waals surface area (Å²) in [5, 5.41) is 9.65. The Hall–Kier alpha value is -4.50. The molecule has 0 spiro atoms. The summed E-state index contributed by atoms with van der Waals surface area (Å²) in [5.41, 5.74) is 2.96. The second kappa shape index (κ2) is 11.9. The summed E-state index contributed by atoms with van der Waals surface area (Å²) >= 11 is 6.09. The minimum Gasteiger partial charge on any atom is -0.492 e. The summed E-state index contributed by atoms with van der Waals surface area (Å²) in [7, 11) is 0. The third-order valence-corrected chi connectivity index (χ3v) is 7.57. The summed E-state index contributed by atoms with van der Waals surface area (Å²) in [4.78, 5) is 44.3. The predicted octanol–water partition coefficient (Wildman–Crippen LogP) is 5.98. The Labute approximate surface area is 243 Å². The molecule has 0 saturated heterocycles. The van der Waals surface area contributed by atoms with E-state index in [9.17, 15) is 14.4 Å². The van der Waals surface area contributed by atoms with Crippen LogP contribution >= 0.6 is 11.6 Å². The van der Waals surface area contributed by atoms with Crippen molar-refractivity contribution in [3.05, 3.63) is 101 Å². The van der Waals surface area contributed by atoms with Crippen molar-refractivity contribution in [2.24, 2.45) is 0 Å². The number of ether oxygens (including phenoxy) is 1. The van der Waals surface area contributed by atoms with Crippen LogP contribution in [0.5, 0.6) is 5.75 Å². The van der Waals surface area contributed by atoms with E-state index in [2.05, 4.69) is 0 Å². The van der Waals surface area contributed by atoms with Crippen molar-refractivity contribution in [2.45, 2.75) is 32.4 Å². The van der Waals surface area contributed by atoms with Crippen molar-refractivity contribution >= 4 is 40.9 Å². The molecule has 10 heteroatoms. The van der Waals surface area contributed by atoms with E-state index >= 15 is 0 Å². The number of halogens is 1. The fourth-order valence-corrected chi connectivity index (χ4v) is 5.49. The van der Waals surface area contributed by atoms with Crippen LogP contribution in [0.2, 0.25) is 5.02 Å². The molecule has 2 unspecified atom stereocenters. The number of fused-ring (bicyclic) bond motifs is 1. The van der Waals surface area contributed by atoms with Crippen LogP contribution in [0, 0.1) is 0 Å². The third-order valence-electron chi connectivity index (χ3n) is 7.32. The van der Waals surface area contributed by atoms with Gasteiger partial charge in [-0.05, 0) is 73.5 Å². The standard InChI is InChI=1S/C31H31ClN4O5/c1-21-19-29(36(22(2)37)25-11-9-24(32)10-12-25)27-5-3-4-6-28(27)35(21)30(38)23-7-13-26(14-8-23)41-18-17-33-15-16-34(20-33)31(39)40/h3-16,21,29H,17-20H2,1-2H3,(H,39,40). The molecule has 1 N–H and O–H groups in total. The third kappa shape index (κ3) is 6.00. The molecular weight excluding hydrogens is 544 g/mol. The number of hydrogen-bond donors (Lipinski definition) is 1. The first-order valence-corrected chi connectivity index (χ1v) is 13.7. The highest BCUT2D eigenvalue weighted by molar-refractivity contribution is 6.30. The lowest BCUT2D eigenvalue weighted by molar-refractivity contribution is -0.117. The number of anilines is 2. The minimum atomic E-state index is -0.996. The van der Waals surface area contributed by atoms with Crippen LogP contribution in [-0.2, 0) is 4.79 Å². The van der Waals surface area contributed by atoms with Gasteiger partial charge in [-0.25, -0.2) is 4.79 Å². The van der Waals surface area contributed by atoms with Gasteiger partial charge in [0, 0.05) is 47.3 Å². The second-order valence-electron chi connectivity index (χ2n) is 10.1. The average molecular weight is 575 g/mol. The zero-order valence-corrected chi connectivity index (χ0v) is 23.6. The van der Waals surface area contributed by atoms with Crippen LogP contribution in [0.25, 0.3) is 0 Å². The molecule has 0 aliphatic carbocycles. The average Bonchev–Trinajstić information content (AvgIpc) is 3.44. The Morgan fingerprint density at radius 3 is 2.37 bits per heavy atom. The van der Waals surface area contributed by atoms with Crippen molar-refractivity contribution in [3.63, 3.8) is 0 Å². The zero-order valence-electron chi connectivity index (χ0n) is 22.8. The lowest BCUT2D eigenvalue weighted by atomic mass is 9.89. The van der Waals surface area contributed by atoms with Gasteiger partial charge < -0.3 is 24.5 Å². The molecule has 212 valence electrons. The number of rotatable bonds is 7. The van der Waals surface area contributed by atoms with E-state index < -0.39 is 6.09 Å². The molecule has 3 amide bonds. The molecule has 0 saturated carbocycles. The molecule has 0 fully saturated rings. The zero-order chi connectivity index (χ0) is 29.1. The predicted molar refractivity (Wildman–Crippen MR) is 157 cm³/mol. The molecule has 0 radical (unpaired) electrons. The lowest BCUT2D eigenvalue weighted by Crippen LogP contribution is -2.47. The van der Waals surface area contributed by atoms with E-state index in [-0.39, 0.29) is 30.6 Å². The van der Waals surface area contributed by atoms with Gasteiger partial charge in [0.1, 0.15) is 19.0 Å². The molecule has 2 heterocycles. The van der Waals surface area contributed by atoms with Crippen molar-refractivity contribution in [1.82, 2.24) is 9.80 Å². The SMILES string of the molecule is CC(=O)N(c1ccc(Cl)cc1)C1CC(C)N(C(=O)c2ccc(OCCN3C=CN(C(=O)O)C3)cc2)c2ccccc21. The Morgan fingerprint density at radius 1 is 1.00 bits per heavy atom. The topological polar surface area (TPSA) is 93.6 Å². The normalized spacial score (nSPS) is 17.8. The molecule has 3 aromatic rings. The van der Waals surface area contributed by atoms with Crippen molar-refractivity contribution in [2.75, 3.05) is 29.6 Å². The fraction of sp³-hybridized carbons (Fsp3) is 0.258. The van der Waals surface area contributed by atoms with Crippen LogP contribution < -0.4 is 14.5 Å². The maximum absolute atomic E-state index is 13.8. The number of carboxylic acid groups (broad SMARTS) is 1. The molecule has 0 aromatic heterocycles. The first kappa shape index (κ1) is 28.0. The van der Waals surface area contributed by atoms with E-state index in [1.54, 1.807) is 59.3 Å². The number of hydrogen-bond acceptors (Lipinski definition) is 5. The maximum Gasteiger partial charge on any atom is 0.412 e. The van der Waals surface area contributed by atoms with Gasteiger partial charge in [-0.1, -0.05) is 29.8 Å². The second-order valence-corrected chi connectivity index (χ2v) is 10.5. The highest BCUT2D eigenvalue weighted by atomic mass is 35.5. The smallest absolute Gasteiger partial charge is 0.412 e. The van der Waals surface area contributed by atoms with Gasteiger partial charge in [-0.3, -0.25) is 14.5 Å². The molecule has 5 rings (SSSR count). The van der Waals surface area contributed by atoms with Crippen LogP contribution in [0.4, 0.5) is 16.2 Å². The lowest BCUT2D eigenvalue weighted by Gasteiger charge is -2.43. The molecule has 41 heavy (non-hydrogen) atoms. The Bertz CT molecular complexity index is 1460. The summed E-state index contributed by atoms with van der Waals surface area (Å²) in [6, 6.07) is 21.5. The molecule has 9 nitrogen and oxygen atoms in total. The number of para-hydroxylation sites is 1. The Kier molecular flexibility index (Phi) is 8.16. The number of carbonyl (C=O) groups is 3. The van der Waals surface area contributed by atoms with E-state index in [1.165, 1.54) is 11.1 Å². The fourth-order valence-electron chi connectivity index (χ4n) is 5.37. The molecule has 2 atom stereocenters. The molecule has 0 bridgehead atoms. The van der Waals surface area contributed by atoms with Crippen molar-refractivity contribution in [3.8, 4) is 5.75 Å². The van der Waals surface area contributed by atoms with E-state index in [1.807, 2.05) is 48.2 Å². The van der Waals surface area contributed by atoms with E-state index in [0.29, 0.717) is 35.9 Å². The highest BCUT2D eigenvalue weighted by Crippen LogP contribution is 2.43. The molecular formula is C31H31ClN4O5. The summed E-state index contributed by atoms with van der Waals surface area (Å²) in [5.74, 6) is 0.397. The van der Waals surface area contributed by atoms with Gasteiger partial charge in [0.15, 0.2) is 0 Å². The minimum absolute atomic E-state index is 0.0883. The van der Waals surface area contributed by atoms with Gasteiger partial charge in [-0.15, -0.1) is 0 Å². The molecule has 2 aliphatic rings. The number of nitrogens with zero attached hydrogens (tertiary/aromatic N) is 4. The molecule has 3 aromatic carbocycles. The Balaban J connectivity index is 1.30. The summed E-state index contributed by atoms with van der Waals surface area (Å²) in [6.07, 6.45) is 2.80. The van der Waals surface area contributed by atoms with Crippen LogP contribution in [0.3, 0.4) is 0 Å². The number of carbonyl (C=O) groups excluding carboxylic acids is 2. The highest BCUT2D eigenvalue weighted by Gasteiger charge is 2.38. The van der Waals surface area contributed by atoms with Crippen LogP contribution in [-0.4, -0.2) is 58.7 Å². The first-order valence-electron chi connectivity index (χ1n) is 13.4. The van der Waals surface area contributed by atoms with Crippen molar-refractivity contribution < 1.29 is 24.2 Å². The quantitative estimate of drug-likeness (QED) is 0.373. The summed E-state index contributed by atoms with van der Waals surface area (Å²) in [6.45, 7) is 4.71. The number of benzene rings is 3. The largest absolute Gasteiger partial charge is 0.492 e. The van der Waals surface area contributed by atoms with Gasteiger partial charge in [-0.2, -0.15) is 0 Å². The number of amides is 3. The van der Waals surface area contributed by atoms with Crippen molar-refractivity contribution in [1.29, 1.82) is 0 Å². The van der Waals surface area contributed by atoms with Gasteiger partial charge >= 0.3 is 6.09 Å². The van der Waals surface area contributed by atoms with Gasteiger partial charge in [0.2, 0.25) is 5.91 Å². The first-order chi connectivity index (χ1) is 19.7.